The molecule has 0 spiro atoms. The monoisotopic (exact) mass is 309 g/mol. The average Bonchev–Trinajstić information content (AvgIpc) is 2.73. The van der Waals surface area contributed by atoms with E-state index in [0.29, 0.717) is 5.82 Å². The molecule has 2 rings (SSSR count). The average molecular weight is 310 g/mol. The topological polar surface area (TPSA) is 50.9 Å². The number of nitrogens with zero attached hydrogens (tertiary/aromatic N) is 3. The first kappa shape index (κ1) is 13.2. The molecule has 0 amide bonds. The Balaban J connectivity index is 2.52. The zero-order valence-corrected chi connectivity index (χ0v) is 12.1. The predicted molar refractivity (Wildman–Crippen MR) is 74.1 cm³/mol. The van der Waals surface area contributed by atoms with Gasteiger partial charge in [-0.1, -0.05) is 22.9 Å². The summed E-state index contributed by atoms with van der Waals surface area (Å²) in [6.45, 7) is 4.87. The molecule has 0 atom stereocenters. The molecule has 96 valence electrons. The van der Waals surface area contributed by atoms with E-state index in [2.05, 4.69) is 39.1 Å². The summed E-state index contributed by atoms with van der Waals surface area (Å²) in [4.78, 5) is 0. The number of aliphatic hydroxyl groups is 1. The van der Waals surface area contributed by atoms with Gasteiger partial charge in [0.05, 0.1) is 0 Å². The highest BCUT2D eigenvalue weighted by molar-refractivity contribution is 9.10. The Kier molecular flexibility index (Phi) is 4.14. The molecule has 1 aromatic heterocycles. The van der Waals surface area contributed by atoms with Crippen molar-refractivity contribution < 1.29 is 5.11 Å². The second kappa shape index (κ2) is 5.63. The van der Waals surface area contributed by atoms with Crippen LogP contribution in [0.2, 0.25) is 0 Å². The third-order valence-electron chi connectivity index (χ3n) is 2.85. The van der Waals surface area contributed by atoms with Crippen molar-refractivity contribution in [3.8, 4) is 11.4 Å². The van der Waals surface area contributed by atoms with E-state index in [9.17, 15) is 5.11 Å². The Morgan fingerprint density at radius 3 is 2.72 bits per heavy atom. The summed E-state index contributed by atoms with van der Waals surface area (Å²) in [5, 5.41) is 17.5. The van der Waals surface area contributed by atoms with E-state index in [0.717, 1.165) is 34.4 Å². The van der Waals surface area contributed by atoms with Crippen molar-refractivity contribution in [2.24, 2.45) is 0 Å². The van der Waals surface area contributed by atoms with Gasteiger partial charge in [-0.25, -0.2) is 0 Å². The van der Waals surface area contributed by atoms with E-state index in [1.807, 2.05) is 23.6 Å². The van der Waals surface area contributed by atoms with Gasteiger partial charge < -0.3 is 9.67 Å². The SMILES string of the molecule is CCCn1c(CO)nnc1-c1ccc(Br)cc1C. The van der Waals surface area contributed by atoms with E-state index in [1.54, 1.807) is 0 Å². The number of aryl methyl sites for hydroxylation is 1. The van der Waals surface area contributed by atoms with E-state index >= 15 is 0 Å². The normalized spacial score (nSPS) is 10.9. The van der Waals surface area contributed by atoms with Crippen molar-refractivity contribution in [1.29, 1.82) is 0 Å². The Labute approximate surface area is 115 Å². The molecule has 0 unspecified atom stereocenters. The summed E-state index contributed by atoms with van der Waals surface area (Å²) in [7, 11) is 0. The maximum absolute atomic E-state index is 9.29. The van der Waals surface area contributed by atoms with E-state index < -0.39 is 0 Å². The highest BCUT2D eigenvalue weighted by Crippen LogP contribution is 2.25. The van der Waals surface area contributed by atoms with Gasteiger partial charge in [0.25, 0.3) is 0 Å². The fourth-order valence-electron chi connectivity index (χ4n) is 1.99. The first-order valence-corrected chi connectivity index (χ1v) is 6.76. The molecule has 2 aromatic rings. The molecular weight excluding hydrogens is 294 g/mol. The number of aliphatic hydroxyl groups excluding tert-OH is 1. The van der Waals surface area contributed by atoms with Crippen LogP contribution < -0.4 is 0 Å². The van der Waals surface area contributed by atoms with Crippen molar-refractivity contribution in [3.05, 3.63) is 34.1 Å². The lowest BCUT2D eigenvalue weighted by molar-refractivity contribution is 0.264. The van der Waals surface area contributed by atoms with Gasteiger partial charge in [-0.15, -0.1) is 10.2 Å². The molecule has 0 aliphatic rings. The van der Waals surface area contributed by atoms with Crippen molar-refractivity contribution >= 4 is 15.9 Å². The fourth-order valence-corrected chi connectivity index (χ4v) is 2.46. The largest absolute Gasteiger partial charge is 0.388 e. The van der Waals surface area contributed by atoms with Gasteiger partial charge in [-0.05, 0) is 37.1 Å². The molecule has 5 heteroatoms. The van der Waals surface area contributed by atoms with Gasteiger partial charge >= 0.3 is 0 Å². The number of hydrogen-bond donors (Lipinski definition) is 1. The van der Waals surface area contributed by atoms with Crippen LogP contribution in [0.15, 0.2) is 22.7 Å². The Bertz CT molecular complexity index is 551. The minimum atomic E-state index is -0.0808. The van der Waals surface area contributed by atoms with Crippen LogP contribution >= 0.6 is 15.9 Å². The second-order valence-electron chi connectivity index (χ2n) is 4.21. The number of aromatic nitrogens is 3. The molecule has 1 heterocycles. The minimum absolute atomic E-state index is 0.0808. The van der Waals surface area contributed by atoms with Gasteiger partial charge in [-0.3, -0.25) is 0 Å². The first-order chi connectivity index (χ1) is 8.67. The predicted octanol–water partition coefficient (Wildman–Crippen LogP) is 2.92. The summed E-state index contributed by atoms with van der Waals surface area (Å²) < 4.78 is 3.03. The van der Waals surface area contributed by atoms with Gasteiger partial charge in [0.1, 0.15) is 6.61 Å². The third-order valence-corrected chi connectivity index (χ3v) is 3.34. The number of rotatable bonds is 4. The highest BCUT2D eigenvalue weighted by Gasteiger charge is 2.14. The summed E-state index contributed by atoms with van der Waals surface area (Å²) in [6, 6.07) is 6.07. The molecule has 0 fully saturated rings. The number of halogens is 1. The number of benzene rings is 1. The molecule has 18 heavy (non-hydrogen) atoms. The molecule has 1 N–H and O–H groups in total. The second-order valence-corrected chi connectivity index (χ2v) is 5.12. The van der Waals surface area contributed by atoms with Crippen molar-refractivity contribution in [2.75, 3.05) is 0 Å². The van der Waals surface area contributed by atoms with Gasteiger partial charge in [0.15, 0.2) is 11.6 Å². The van der Waals surface area contributed by atoms with Crippen molar-refractivity contribution in [1.82, 2.24) is 14.8 Å². The Morgan fingerprint density at radius 1 is 1.33 bits per heavy atom. The zero-order valence-electron chi connectivity index (χ0n) is 10.5. The van der Waals surface area contributed by atoms with Crippen LogP contribution in [-0.4, -0.2) is 19.9 Å². The molecule has 0 saturated carbocycles. The van der Waals surface area contributed by atoms with Crippen LogP contribution in [0.3, 0.4) is 0 Å². The van der Waals surface area contributed by atoms with Crippen molar-refractivity contribution in [2.45, 2.75) is 33.4 Å². The smallest absolute Gasteiger partial charge is 0.164 e. The van der Waals surface area contributed by atoms with Crippen LogP contribution in [0, 0.1) is 6.92 Å². The molecule has 1 aromatic carbocycles. The quantitative estimate of drug-likeness (QED) is 0.944. The molecule has 0 bridgehead atoms. The van der Waals surface area contributed by atoms with Crippen LogP contribution in [0.4, 0.5) is 0 Å². The standard InChI is InChI=1S/C13H16BrN3O/c1-3-6-17-12(8-18)15-16-13(17)11-5-4-10(14)7-9(11)2/h4-5,7,18H,3,6,8H2,1-2H3. The molecule has 0 radical (unpaired) electrons. The van der Waals surface area contributed by atoms with Crippen molar-refractivity contribution in [3.63, 3.8) is 0 Å². The summed E-state index contributed by atoms with van der Waals surface area (Å²) >= 11 is 3.45. The van der Waals surface area contributed by atoms with Crippen LogP contribution in [-0.2, 0) is 13.2 Å². The maximum atomic E-state index is 9.29. The zero-order chi connectivity index (χ0) is 13.1. The Hall–Kier alpha value is -1.20. The molecule has 0 aliphatic heterocycles. The van der Waals surface area contributed by atoms with Gasteiger partial charge in [0.2, 0.25) is 0 Å². The molecule has 0 saturated heterocycles. The third kappa shape index (κ3) is 2.47. The molecular formula is C13H16BrN3O. The molecule has 0 aliphatic carbocycles. The summed E-state index contributed by atoms with van der Waals surface area (Å²) in [5.41, 5.74) is 2.19. The highest BCUT2D eigenvalue weighted by atomic mass is 79.9. The minimum Gasteiger partial charge on any atom is -0.388 e. The Morgan fingerprint density at radius 2 is 2.11 bits per heavy atom. The lowest BCUT2D eigenvalue weighted by Gasteiger charge is -2.10. The van der Waals surface area contributed by atoms with E-state index in [1.165, 1.54) is 0 Å². The first-order valence-electron chi connectivity index (χ1n) is 5.96. The lowest BCUT2D eigenvalue weighted by atomic mass is 10.1. The lowest BCUT2D eigenvalue weighted by Crippen LogP contribution is -2.05. The van der Waals surface area contributed by atoms with Crippen LogP contribution in [0.5, 0.6) is 0 Å². The summed E-state index contributed by atoms with van der Waals surface area (Å²) in [5.74, 6) is 1.44. The maximum Gasteiger partial charge on any atom is 0.164 e. The van der Waals surface area contributed by atoms with Gasteiger partial charge in [0, 0.05) is 16.6 Å². The molecule has 4 nitrogen and oxygen atoms in total. The van der Waals surface area contributed by atoms with Crippen LogP contribution in [0.25, 0.3) is 11.4 Å². The number of hydrogen-bond acceptors (Lipinski definition) is 3. The van der Waals surface area contributed by atoms with E-state index in [4.69, 9.17) is 0 Å². The fraction of sp³-hybridized carbons (Fsp3) is 0.385. The van der Waals surface area contributed by atoms with Crippen LogP contribution in [0.1, 0.15) is 24.7 Å². The summed E-state index contributed by atoms with van der Waals surface area (Å²) in [6.07, 6.45) is 0.980. The van der Waals surface area contributed by atoms with Gasteiger partial charge in [-0.2, -0.15) is 0 Å². The van der Waals surface area contributed by atoms with E-state index in [-0.39, 0.29) is 6.61 Å².